The number of nitrogens with two attached hydrogens (primary N) is 1. The van der Waals surface area contributed by atoms with Gasteiger partial charge in [-0.25, -0.2) is 13.9 Å². The zero-order valence-corrected chi connectivity index (χ0v) is 15.6. The van der Waals surface area contributed by atoms with Gasteiger partial charge in [0.05, 0.1) is 30.0 Å². The second-order valence-electron chi connectivity index (χ2n) is 6.33. The van der Waals surface area contributed by atoms with Gasteiger partial charge < -0.3 is 10.3 Å². The lowest BCUT2D eigenvalue weighted by molar-refractivity contribution is 0.604. The van der Waals surface area contributed by atoms with Crippen LogP contribution in [0.3, 0.4) is 0 Å². The number of hydrogen-bond donors (Lipinski definition) is 1. The molecule has 0 fully saturated rings. The van der Waals surface area contributed by atoms with Gasteiger partial charge in [0.1, 0.15) is 6.33 Å². The summed E-state index contributed by atoms with van der Waals surface area (Å²) in [6, 6.07) is 8.61. The Morgan fingerprint density at radius 1 is 1.38 bits per heavy atom. The van der Waals surface area contributed by atoms with E-state index in [1.807, 2.05) is 12.1 Å². The van der Waals surface area contributed by atoms with Crippen molar-refractivity contribution in [2.45, 2.75) is 33.0 Å². The van der Waals surface area contributed by atoms with Gasteiger partial charge in [-0.3, -0.25) is 4.57 Å². The Bertz CT molecular complexity index is 962. The van der Waals surface area contributed by atoms with Crippen LogP contribution in [0.2, 0.25) is 0 Å². The molecule has 0 unspecified atom stereocenters. The maximum atomic E-state index is 12.7. The van der Waals surface area contributed by atoms with Crippen molar-refractivity contribution in [3.05, 3.63) is 64.1 Å². The highest BCUT2D eigenvalue weighted by atomic mass is 32.1. The summed E-state index contributed by atoms with van der Waals surface area (Å²) in [7, 11) is 0. The molecule has 0 atom stereocenters. The predicted octanol–water partition coefficient (Wildman–Crippen LogP) is 3.02. The standard InChI is InChI=1S/C18H22FN5OS/c1-13(2)23-7-3-4-16(23)17-6-5-15(26-17)11-22-12-21-24(18(22)25)10-14(8-19)9-20/h3-8,12-13H,9-11,20H2,1-2H3/b14-8+. The van der Waals surface area contributed by atoms with Crippen molar-refractivity contribution in [3.8, 4) is 10.6 Å². The highest BCUT2D eigenvalue weighted by Crippen LogP contribution is 2.30. The molecule has 3 rings (SSSR count). The minimum atomic E-state index is -0.279. The fourth-order valence-electron chi connectivity index (χ4n) is 2.75. The van der Waals surface area contributed by atoms with E-state index in [0.717, 1.165) is 9.75 Å². The Balaban J connectivity index is 1.79. The van der Waals surface area contributed by atoms with Crippen LogP contribution < -0.4 is 11.4 Å². The second-order valence-corrected chi connectivity index (χ2v) is 7.50. The van der Waals surface area contributed by atoms with Crippen molar-refractivity contribution >= 4 is 11.3 Å². The molecule has 8 heteroatoms. The third kappa shape index (κ3) is 3.71. The number of thiophene rings is 1. The number of rotatable bonds is 7. The van der Waals surface area contributed by atoms with Gasteiger partial charge in [0.25, 0.3) is 0 Å². The SMILES string of the molecule is CC(C)n1cccc1-c1ccc(Cn2cnn(C/C(=C/F)CN)c2=O)s1. The van der Waals surface area contributed by atoms with Crippen molar-refractivity contribution in [2.24, 2.45) is 5.73 Å². The summed E-state index contributed by atoms with van der Waals surface area (Å²) >= 11 is 1.65. The third-order valence-corrected chi connectivity index (χ3v) is 5.23. The van der Waals surface area contributed by atoms with Crippen molar-refractivity contribution in [1.29, 1.82) is 0 Å². The Morgan fingerprint density at radius 2 is 2.19 bits per heavy atom. The van der Waals surface area contributed by atoms with Crippen molar-refractivity contribution < 1.29 is 4.39 Å². The smallest absolute Gasteiger partial charge is 0.344 e. The Morgan fingerprint density at radius 3 is 2.88 bits per heavy atom. The summed E-state index contributed by atoms with van der Waals surface area (Å²) in [5.41, 5.74) is 6.65. The molecule has 0 spiro atoms. The highest BCUT2D eigenvalue weighted by molar-refractivity contribution is 7.15. The minimum absolute atomic E-state index is 0.0551. The highest BCUT2D eigenvalue weighted by Gasteiger charge is 2.12. The molecule has 0 saturated heterocycles. The van der Waals surface area contributed by atoms with Gasteiger partial charge in [-0.2, -0.15) is 5.10 Å². The maximum Gasteiger partial charge on any atom is 0.346 e. The predicted molar refractivity (Wildman–Crippen MR) is 102 cm³/mol. The van der Waals surface area contributed by atoms with Crippen LogP contribution in [0.25, 0.3) is 10.6 Å². The number of halogens is 1. The van der Waals surface area contributed by atoms with E-state index in [1.54, 1.807) is 11.3 Å². The number of hydrogen-bond acceptors (Lipinski definition) is 4. The molecule has 138 valence electrons. The average Bonchev–Trinajstić information content (AvgIpc) is 3.35. The summed E-state index contributed by atoms with van der Waals surface area (Å²) in [6.45, 7) is 4.85. The van der Waals surface area contributed by atoms with Crippen LogP contribution in [-0.4, -0.2) is 25.5 Å². The molecule has 0 aromatic carbocycles. The normalized spacial score (nSPS) is 12.3. The summed E-state index contributed by atoms with van der Waals surface area (Å²) in [4.78, 5) is 14.6. The van der Waals surface area contributed by atoms with Crippen LogP contribution in [0.15, 0.2) is 53.5 Å². The van der Waals surface area contributed by atoms with Crippen LogP contribution in [-0.2, 0) is 13.1 Å². The molecule has 0 saturated carbocycles. The Kier molecular flexibility index (Phi) is 5.53. The van der Waals surface area contributed by atoms with E-state index >= 15 is 0 Å². The molecule has 0 aliphatic heterocycles. The molecule has 0 radical (unpaired) electrons. The van der Waals surface area contributed by atoms with E-state index in [0.29, 0.717) is 24.5 Å². The second kappa shape index (κ2) is 7.84. The quantitative estimate of drug-likeness (QED) is 0.690. The zero-order chi connectivity index (χ0) is 18.7. The van der Waals surface area contributed by atoms with E-state index in [2.05, 4.69) is 41.8 Å². The van der Waals surface area contributed by atoms with Crippen LogP contribution in [0.1, 0.15) is 24.8 Å². The first-order valence-electron chi connectivity index (χ1n) is 8.39. The van der Waals surface area contributed by atoms with Crippen LogP contribution in [0.5, 0.6) is 0 Å². The van der Waals surface area contributed by atoms with Gasteiger partial charge >= 0.3 is 5.69 Å². The molecule has 0 bridgehead atoms. The lowest BCUT2D eigenvalue weighted by Gasteiger charge is -2.11. The van der Waals surface area contributed by atoms with Gasteiger partial charge in [-0.15, -0.1) is 11.3 Å². The number of nitrogens with zero attached hydrogens (tertiary/aromatic N) is 4. The van der Waals surface area contributed by atoms with Gasteiger partial charge in [0.2, 0.25) is 0 Å². The fourth-order valence-corrected chi connectivity index (χ4v) is 3.78. The van der Waals surface area contributed by atoms with E-state index in [1.165, 1.54) is 21.3 Å². The largest absolute Gasteiger partial charge is 0.346 e. The first-order valence-corrected chi connectivity index (χ1v) is 9.21. The lowest BCUT2D eigenvalue weighted by Crippen LogP contribution is -2.26. The van der Waals surface area contributed by atoms with E-state index < -0.39 is 0 Å². The van der Waals surface area contributed by atoms with Crippen molar-refractivity contribution in [2.75, 3.05) is 6.54 Å². The number of aromatic nitrogens is 4. The molecule has 3 aromatic heterocycles. The van der Waals surface area contributed by atoms with Crippen molar-refractivity contribution in [1.82, 2.24) is 18.9 Å². The zero-order valence-electron chi connectivity index (χ0n) is 14.8. The molecular formula is C18H22FN5OS. The topological polar surface area (TPSA) is 70.8 Å². The molecule has 0 aliphatic rings. The summed E-state index contributed by atoms with van der Waals surface area (Å²) in [6.07, 6.45) is 3.98. The Hall–Kier alpha value is -2.45. The fraction of sp³-hybridized carbons (Fsp3) is 0.333. The van der Waals surface area contributed by atoms with Crippen LogP contribution in [0.4, 0.5) is 4.39 Å². The van der Waals surface area contributed by atoms with E-state index in [-0.39, 0.29) is 18.8 Å². The Labute approximate surface area is 155 Å². The van der Waals surface area contributed by atoms with Crippen LogP contribution >= 0.6 is 11.3 Å². The van der Waals surface area contributed by atoms with Gasteiger partial charge in [0.15, 0.2) is 0 Å². The van der Waals surface area contributed by atoms with Crippen molar-refractivity contribution in [3.63, 3.8) is 0 Å². The minimum Gasteiger partial charge on any atom is -0.344 e. The van der Waals surface area contributed by atoms with Gasteiger partial charge in [-0.1, -0.05) is 0 Å². The first-order chi connectivity index (χ1) is 12.5. The van der Waals surface area contributed by atoms with Crippen LogP contribution in [0, 0.1) is 0 Å². The lowest BCUT2D eigenvalue weighted by atomic mass is 10.3. The molecule has 0 amide bonds. The first kappa shape index (κ1) is 18.3. The summed E-state index contributed by atoms with van der Waals surface area (Å²) in [5.74, 6) is 0. The van der Waals surface area contributed by atoms with E-state index in [4.69, 9.17) is 5.73 Å². The third-order valence-electron chi connectivity index (χ3n) is 4.14. The molecular weight excluding hydrogens is 353 g/mol. The molecule has 0 aliphatic carbocycles. The molecule has 3 heterocycles. The van der Waals surface area contributed by atoms with E-state index in [9.17, 15) is 9.18 Å². The average molecular weight is 375 g/mol. The molecule has 6 nitrogen and oxygen atoms in total. The van der Waals surface area contributed by atoms with Gasteiger partial charge in [0, 0.05) is 23.7 Å². The summed E-state index contributed by atoms with van der Waals surface area (Å²) < 4.78 is 17.6. The maximum absolute atomic E-state index is 12.7. The monoisotopic (exact) mass is 375 g/mol. The summed E-state index contributed by atoms with van der Waals surface area (Å²) in [5, 5.41) is 4.05. The molecule has 2 N–H and O–H groups in total. The molecule has 26 heavy (non-hydrogen) atoms. The molecule has 3 aromatic rings. The van der Waals surface area contributed by atoms with Gasteiger partial charge in [-0.05, 0) is 43.7 Å².